The van der Waals surface area contributed by atoms with Crippen molar-refractivity contribution in [2.45, 2.75) is 38.1 Å². The highest BCUT2D eigenvalue weighted by Crippen LogP contribution is 2.22. The summed E-state index contributed by atoms with van der Waals surface area (Å²) in [6.07, 6.45) is 1.33. The molecule has 0 radical (unpaired) electrons. The molecule has 0 aliphatic carbocycles. The zero-order chi connectivity index (χ0) is 13.2. The highest BCUT2D eigenvalue weighted by molar-refractivity contribution is 5.14. The smallest absolute Gasteiger partial charge is 0.121 e. The molecule has 0 saturated carbocycles. The quantitative estimate of drug-likeness (QED) is 0.800. The van der Waals surface area contributed by atoms with Gasteiger partial charge < -0.3 is 14.9 Å². The van der Waals surface area contributed by atoms with Crippen LogP contribution in [0.25, 0.3) is 0 Å². The van der Waals surface area contributed by atoms with E-state index in [1.54, 1.807) is 0 Å². The molecule has 0 spiro atoms. The zero-order valence-electron chi connectivity index (χ0n) is 11.0. The highest BCUT2D eigenvalue weighted by atomic mass is 16.5. The average Bonchev–Trinajstić information content (AvgIpc) is 2.90. The predicted molar refractivity (Wildman–Crippen MR) is 68.5 cm³/mol. The molecular weight excluding hydrogens is 246 g/mol. The molecule has 6 heteroatoms. The van der Waals surface area contributed by atoms with Gasteiger partial charge in [-0.3, -0.25) is 9.58 Å². The maximum atomic E-state index is 9.64. The Morgan fingerprint density at radius 1 is 1.37 bits per heavy atom. The lowest BCUT2D eigenvalue weighted by Gasteiger charge is -2.36. The second-order valence-electron chi connectivity index (χ2n) is 5.30. The zero-order valence-corrected chi connectivity index (χ0v) is 11.0. The second kappa shape index (κ2) is 5.58. The summed E-state index contributed by atoms with van der Waals surface area (Å²) in [6, 6.07) is 2.51. The number of rotatable bonds is 3. The summed E-state index contributed by atoms with van der Waals surface area (Å²) in [5.74, 6) is 0. The molecule has 106 valence electrons. The normalized spacial score (nSPS) is 23.3. The molecule has 1 atom stereocenters. The molecule has 1 aromatic rings. The second-order valence-corrected chi connectivity index (χ2v) is 5.30. The molecule has 3 rings (SSSR count). The number of ether oxygens (including phenoxy) is 1. The molecular formula is C13H21N3O3. The molecule has 6 nitrogen and oxygen atoms in total. The molecule has 1 aromatic heterocycles. The number of aliphatic hydroxyl groups is 2. The average molecular weight is 267 g/mol. The summed E-state index contributed by atoms with van der Waals surface area (Å²) < 4.78 is 7.35. The molecule has 3 heterocycles. The van der Waals surface area contributed by atoms with Crippen molar-refractivity contribution in [1.82, 2.24) is 14.7 Å². The molecule has 0 aromatic carbocycles. The van der Waals surface area contributed by atoms with Crippen LogP contribution in [0, 0.1) is 0 Å². The minimum absolute atomic E-state index is 0.278. The van der Waals surface area contributed by atoms with Gasteiger partial charge in [0.15, 0.2) is 0 Å². The molecule has 2 N–H and O–H groups in total. The third-order valence-electron chi connectivity index (χ3n) is 4.07. The Labute approximate surface area is 112 Å². The van der Waals surface area contributed by atoms with Crippen LogP contribution in [0.3, 0.4) is 0 Å². The summed E-state index contributed by atoms with van der Waals surface area (Å²) in [5, 5.41) is 23.0. The number of aliphatic hydroxyl groups excluding tert-OH is 2. The van der Waals surface area contributed by atoms with E-state index >= 15 is 0 Å². The Bertz CT molecular complexity index is 429. The Kier molecular flexibility index (Phi) is 3.83. The van der Waals surface area contributed by atoms with E-state index in [0.717, 1.165) is 51.4 Å². The monoisotopic (exact) mass is 267 g/mol. The fraction of sp³-hybridized carbons (Fsp3) is 0.769. The number of aromatic nitrogens is 2. The number of nitrogens with zero attached hydrogens (tertiary/aromatic N) is 3. The van der Waals surface area contributed by atoms with Crippen LogP contribution < -0.4 is 0 Å². The summed E-state index contributed by atoms with van der Waals surface area (Å²) in [4.78, 5) is 2.48. The van der Waals surface area contributed by atoms with Gasteiger partial charge in [0.1, 0.15) is 6.10 Å². The first-order valence-electron chi connectivity index (χ1n) is 6.95. The third-order valence-corrected chi connectivity index (χ3v) is 4.07. The Hall–Kier alpha value is -0.950. The van der Waals surface area contributed by atoms with Crippen molar-refractivity contribution in [1.29, 1.82) is 0 Å². The van der Waals surface area contributed by atoms with E-state index in [1.165, 1.54) is 0 Å². The van der Waals surface area contributed by atoms with Gasteiger partial charge in [-0.25, -0.2) is 0 Å². The van der Waals surface area contributed by atoms with Gasteiger partial charge >= 0.3 is 0 Å². The van der Waals surface area contributed by atoms with Gasteiger partial charge in [0.05, 0.1) is 24.5 Å². The third kappa shape index (κ3) is 2.67. The number of fused-ring (bicyclic) bond motifs is 1. The van der Waals surface area contributed by atoms with Crippen molar-refractivity contribution in [2.75, 3.05) is 26.4 Å². The van der Waals surface area contributed by atoms with Crippen molar-refractivity contribution in [3.8, 4) is 0 Å². The Balaban J connectivity index is 1.70. The van der Waals surface area contributed by atoms with Crippen molar-refractivity contribution in [2.24, 2.45) is 0 Å². The lowest BCUT2D eigenvalue weighted by Crippen LogP contribution is -2.43. The van der Waals surface area contributed by atoms with Crippen LogP contribution in [-0.2, 0) is 17.8 Å². The van der Waals surface area contributed by atoms with Gasteiger partial charge in [-0.2, -0.15) is 5.10 Å². The van der Waals surface area contributed by atoms with Crippen LogP contribution in [-0.4, -0.2) is 57.3 Å². The molecule has 0 bridgehead atoms. The van der Waals surface area contributed by atoms with E-state index in [2.05, 4.69) is 10.00 Å². The van der Waals surface area contributed by atoms with Crippen LogP contribution in [0.5, 0.6) is 0 Å². The molecule has 0 unspecified atom stereocenters. The first-order valence-corrected chi connectivity index (χ1v) is 6.95. The predicted octanol–water partition coefficient (Wildman–Crippen LogP) is -0.0966. The largest absolute Gasteiger partial charge is 0.393 e. The summed E-state index contributed by atoms with van der Waals surface area (Å²) in [6.45, 7) is 4.15. The van der Waals surface area contributed by atoms with E-state index in [0.29, 0.717) is 11.7 Å². The van der Waals surface area contributed by atoms with Crippen LogP contribution in [0.2, 0.25) is 0 Å². The van der Waals surface area contributed by atoms with Gasteiger partial charge in [0.25, 0.3) is 0 Å². The minimum atomic E-state index is -0.866. The summed E-state index contributed by atoms with van der Waals surface area (Å²) in [5.41, 5.74) is 1.70. The van der Waals surface area contributed by atoms with E-state index in [4.69, 9.17) is 9.84 Å². The van der Waals surface area contributed by atoms with Gasteiger partial charge in [-0.05, 0) is 18.9 Å². The van der Waals surface area contributed by atoms with Gasteiger partial charge in [0, 0.05) is 32.3 Å². The molecule has 1 fully saturated rings. The van der Waals surface area contributed by atoms with Crippen molar-refractivity contribution in [3.05, 3.63) is 17.5 Å². The standard InChI is InChI=1S/C13H21N3O3/c17-9-13(18)12-7-11-8-15(3-4-16(11)14-12)10-1-5-19-6-2-10/h7,10,13,17-18H,1-6,8-9H2/t13-/m1/s1. The lowest BCUT2D eigenvalue weighted by atomic mass is 10.1. The summed E-state index contributed by atoms with van der Waals surface area (Å²) in [7, 11) is 0. The SMILES string of the molecule is OC[C@@H](O)c1cc2n(n1)CCN(C1CCOCC1)C2. The number of hydrogen-bond donors (Lipinski definition) is 2. The topological polar surface area (TPSA) is 70.8 Å². The first kappa shape index (κ1) is 13.1. The Morgan fingerprint density at radius 2 is 2.16 bits per heavy atom. The van der Waals surface area contributed by atoms with Crippen LogP contribution in [0.1, 0.15) is 30.3 Å². The van der Waals surface area contributed by atoms with E-state index in [-0.39, 0.29) is 6.61 Å². The molecule has 1 saturated heterocycles. The van der Waals surface area contributed by atoms with Gasteiger partial charge in [-0.15, -0.1) is 0 Å². The minimum Gasteiger partial charge on any atom is -0.393 e. The molecule has 2 aliphatic rings. The van der Waals surface area contributed by atoms with Crippen molar-refractivity contribution in [3.63, 3.8) is 0 Å². The van der Waals surface area contributed by atoms with Gasteiger partial charge in [-0.1, -0.05) is 0 Å². The fourth-order valence-electron chi connectivity index (χ4n) is 2.93. The highest BCUT2D eigenvalue weighted by Gasteiger charge is 2.26. The van der Waals surface area contributed by atoms with E-state index in [9.17, 15) is 5.11 Å². The van der Waals surface area contributed by atoms with Crippen molar-refractivity contribution < 1.29 is 14.9 Å². The van der Waals surface area contributed by atoms with Crippen LogP contribution in [0.15, 0.2) is 6.07 Å². The Morgan fingerprint density at radius 3 is 2.89 bits per heavy atom. The molecule has 19 heavy (non-hydrogen) atoms. The van der Waals surface area contributed by atoms with Crippen LogP contribution in [0.4, 0.5) is 0 Å². The maximum absolute atomic E-state index is 9.64. The maximum Gasteiger partial charge on any atom is 0.121 e. The van der Waals surface area contributed by atoms with Crippen LogP contribution >= 0.6 is 0 Å². The fourth-order valence-corrected chi connectivity index (χ4v) is 2.93. The molecule has 2 aliphatic heterocycles. The van der Waals surface area contributed by atoms with Crippen molar-refractivity contribution >= 4 is 0 Å². The lowest BCUT2D eigenvalue weighted by molar-refractivity contribution is 0.0232. The molecule has 0 amide bonds. The van der Waals surface area contributed by atoms with E-state index in [1.807, 2.05) is 10.7 Å². The first-order chi connectivity index (χ1) is 9.28. The van der Waals surface area contributed by atoms with E-state index < -0.39 is 6.10 Å². The summed E-state index contributed by atoms with van der Waals surface area (Å²) >= 11 is 0. The number of hydrogen-bond acceptors (Lipinski definition) is 5. The van der Waals surface area contributed by atoms with Gasteiger partial charge in [0.2, 0.25) is 0 Å².